The van der Waals surface area contributed by atoms with Crippen LogP contribution in [0.15, 0.2) is 0 Å². The average Bonchev–Trinajstić information content (AvgIpc) is 2.85. The molecule has 1 N–H and O–H groups in total. The summed E-state index contributed by atoms with van der Waals surface area (Å²) in [5, 5.41) is 3.26. The molecule has 0 radical (unpaired) electrons. The number of hydrogen-bond donors (Lipinski definition) is 1. The van der Waals surface area contributed by atoms with Crippen LogP contribution in [0.3, 0.4) is 0 Å². The van der Waals surface area contributed by atoms with Gasteiger partial charge in [-0.1, -0.05) is 28.8 Å². The molecule has 0 aromatic heterocycles. The van der Waals surface area contributed by atoms with Crippen LogP contribution in [0.2, 0.25) is 0 Å². The van der Waals surface area contributed by atoms with Gasteiger partial charge in [0.2, 0.25) is 5.91 Å². The molecular formula is C18H28BrNO. The maximum atomic E-state index is 12.5. The second kappa shape index (κ2) is 5.25. The van der Waals surface area contributed by atoms with E-state index in [1.54, 1.807) is 0 Å². The predicted octanol–water partition coefficient (Wildman–Crippen LogP) is 4.42. The van der Waals surface area contributed by atoms with Crippen molar-refractivity contribution >= 4 is 21.8 Å². The Labute approximate surface area is 136 Å². The van der Waals surface area contributed by atoms with E-state index in [2.05, 4.69) is 21.2 Å². The third-order valence-corrected chi connectivity index (χ3v) is 7.64. The zero-order chi connectivity index (χ0) is 14.5. The highest BCUT2D eigenvalue weighted by molar-refractivity contribution is 9.10. The van der Waals surface area contributed by atoms with Gasteiger partial charge in [-0.25, -0.2) is 0 Å². The maximum absolute atomic E-state index is 12.5. The Morgan fingerprint density at radius 1 is 1.10 bits per heavy atom. The van der Waals surface area contributed by atoms with Crippen molar-refractivity contribution in [3.63, 3.8) is 0 Å². The fourth-order valence-electron chi connectivity index (χ4n) is 6.42. The fourth-order valence-corrected chi connectivity index (χ4v) is 7.93. The van der Waals surface area contributed by atoms with Gasteiger partial charge >= 0.3 is 0 Å². The Bertz CT molecular complexity index is 415. The molecule has 5 aliphatic rings. The molecule has 21 heavy (non-hydrogen) atoms. The second-order valence-corrected chi connectivity index (χ2v) is 10.4. The first-order chi connectivity index (χ1) is 10.0. The summed E-state index contributed by atoms with van der Waals surface area (Å²) >= 11 is 4.04. The Morgan fingerprint density at radius 2 is 1.76 bits per heavy atom. The fraction of sp³-hybridized carbons (Fsp3) is 0.944. The lowest BCUT2D eigenvalue weighted by Crippen LogP contribution is -2.54. The summed E-state index contributed by atoms with van der Waals surface area (Å²) in [6.07, 6.45) is 14.2. The van der Waals surface area contributed by atoms with Gasteiger partial charge < -0.3 is 5.32 Å². The molecule has 2 nitrogen and oxygen atoms in total. The Kier molecular flexibility index (Phi) is 3.63. The van der Waals surface area contributed by atoms with E-state index in [9.17, 15) is 4.79 Å². The van der Waals surface area contributed by atoms with Crippen LogP contribution in [0.5, 0.6) is 0 Å². The van der Waals surface area contributed by atoms with Crippen LogP contribution in [0, 0.1) is 23.2 Å². The minimum atomic E-state index is 0.327. The van der Waals surface area contributed by atoms with Crippen LogP contribution in [0.4, 0.5) is 0 Å². The number of nitrogens with one attached hydrogen (secondary N) is 1. The van der Waals surface area contributed by atoms with E-state index in [4.69, 9.17) is 0 Å². The smallest absolute Gasteiger partial charge is 0.220 e. The highest BCUT2D eigenvalue weighted by Gasteiger charge is 2.57. The van der Waals surface area contributed by atoms with Gasteiger partial charge in [-0.05, 0) is 74.5 Å². The number of hydrogen-bond acceptors (Lipinski definition) is 1. The van der Waals surface area contributed by atoms with Crippen molar-refractivity contribution in [3.8, 4) is 0 Å². The molecule has 2 atom stereocenters. The van der Waals surface area contributed by atoms with Gasteiger partial charge in [-0.15, -0.1) is 0 Å². The lowest BCUT2D eigenvalue weighted by Gasteiger charge is -2.60. The van der Waals surface area contributed by atoms with Gasteiger partial charge in [0.1, 0.15) is 0 Å². The van der Waals surface area contributed by atoms with E-state index in [1.165, 1.54) is 64.2 Å². The summed E-state index contributed by atoms with van der Waals surface area (Å²) in [6.45, 7) is 0.932. The summed E-state index contributed by atoms with van der Waals surface area (Å²) in [5.41, 5.74) is 0.327. The first kappa shape index (κ1) is 14.5. The Balaban J connectivity index is 1.36. The van der Waals surface area contributed by atoms with Crippen LogP contribution in [0.1, 0.15) is 70.6 Å². The normalized spacial score (nSPS) is 45.2. The minimum absolute atomic E-state index is 0.327. The average molecular weight is 354 g/mol. The van der Waals surface area contributed by atoms with Crippen molar-refractivity contribution in [3.05, 3.63) is 0 Å². The number of amides is 1. The third-order valence-electron chi connectivity index (χ3n) is 6.71. The van der Waals surface area contributed by atoms with Crippen LogP contribution >= 0.6 is 15.9 Å². The van der Waals surface area contributed by atoms with E-state index in [0.29, 0.717) is 15.6 Å². The molecule has 118 valence electrons. The highest BCUT2D eigenvalue weighted by Crippen LogP contribution is 2.65. The molecule has 0 saturated heterocycles. The first-order valence-corrected chi connectivity index (χ1v) is 9.79. The van der Waals surface area contributed by atoms with Crippen molar-refractivity contribution in [1.82, 2.24) is 5.32 Å². The second-order valence-electron chi connectivity index (χ2n) is 8.74. The monoisotopic (exact) mass is 353 g/mol. The van der Waals surface area contributed by atoms with Gasteiger partial charge in [0, 0.05) is 17.3 Å². The number of carbonyl (C=O) groups excluding carboxylic acids is 1. The SMILES string of the molecule is O=C(CC12CC3CC(CC(Br)(C3)C1)C2)NCC1CCCC1. The summed E-state index contributed by atoms with van der Waals surface area (Å²) in [6, 6.07) is 0. The molecular weight excluding hydrogens is 326 g/mol. The number of halogens is 1. The zero-order valence-corrected chi connectivity index (χ0v) is 14.6. The third kappa shape index (κ3) is 2.92. The molecule has 1 amide bonds. The van der Waals surface area contributed by atoms with Gasteiger partial charge in [0.25, 0.3) is 0 Å². The van der Waals surface area contributed by atoms with Gasteiger partial charge in [0.15, 0.2) is 0 Å². The Morgan fingerprint density at radius 3 is 2.38 bits per heavy atom. The largest absolute Gasteiger partial charge is 0.356 e. The summed E-state index contributed by atoms with van der Waals surface area (Å²) in [4.78, 5) is 12.5. The number of carbonyl (C=O) groups is 1. The van der Waals surface area contributed by atoms with Crippen molar-refractivity contribution in [2.45, 2.75) is 75.0 Å². The molecule has 4 bridgehead atoms. The van der Waals surface area contributed by atoms with Gasteiger partial charge in [-0.3, -0.25) is 4.79 Å². The van der Waals surface area contributed by atoms with Crippen molar-refractivity contribution in [1.29, 1.82) is 0 Å². The molecule has 0 heterocycles. The van der Waals surface area contributed by atoms with E-state index in [0.717, 1.165) is 30.7 Å². The minimum Gasteiger partial charge on any atom is -0.356 e. The molecule has 0 spiro atoms. The maximum Gasteiger partial charge on any atom is 0.220 e. The molecule has 5 fully saturated rings. The predicted molar refractivity (Wildman–Crippen MR) is 88.4 cm³/mol. The van der Waals surface area contributed by atoms with E-state index in [1.807, 2.05) is 0 Å². The van der Waals surface area contributed by atoms with Gasteiger partial charge in [-0.2, -0.15) is 0 Å². The molecule has 0 aliphatic heterocycles. The topological polar surface area (TPSA) is 29.1 Å². The highest BCUT2D eigenvalue weighted by atomic mass is 79.9. The van der Waals surface area contributed by atoms with Crippen molar-refractivity contribution < 1.29 is 4.79 Å². The van der Waals surface area contributed by atoms with E-state index in [-0.39, 0.29) is 0 Å². The lowest BCUT2D eigenvalue weighted by molar-refractivity contribution is -0.128. The van der Waals surface area contributed by atoms with Crippen LogP contribution in [0.25, 0.3) is 0 Å². The molecule has 5 rings (SSSR count). The molecule has 0 aromatic rings. The standard InChI is InChI=1S/C18H28BrNO/c19-18-8-14-5-15(9-18)7-17(6-14,12-18)10-16(21)20-11-13-3-1-2-4-13/h13-15H,1-12H2,(H,20,21). The summed E-state index contributed by atoms with van der Waals surface area (Å²) in [7, 11) is 0. The van der Waals surface area contributed by atoms with Gasteiger partial charge in [0.05, 0.1) is 0 Å². The van der Waals surface area contributed by atoms with Crippen molar-refractivity contribution in [2.24, 2.45) is 23.2 Å². The first-order valence-electron chi connectivity index (χ1n) is 9.00. The Hall–Kier alpha value is -0.0500. The summed E-state index contributed by atoms with van der Waals surface area (Å²) < 4.78 is 0.378. The van der Waals surface area contributed by atoms with E-state index < -0.39 is 0 Å². The lowest BCUT2D eigenvalue weighted by atomic mass is 9.48. The molecule has 0 aromatic carbocycles. The molecule has 5 saturated carbocycles. The van der Waals surface area contributed by atoms with Crippen LogP contribution in [-0.2, 0) is 4.79 Å². The summed E-state index contributed by atoms with van der Waals surface area (Å²) in [5.74, 6) is 2.86. The molecule has 3 heteroatoms. The number of alkyl halides is 1. The molecule has 2 unspecified atom stereocenters. The zero-order valence-electron chi connectivity index (χ0n) is 13.0. The van der Waals surface area contributed by atoms with Crippen molar-refractivity contribution in [2.75, 3.05) is 6.54 Å². The molecule has 5 aliphatic carbocycles. The quantitative estimate of drug-likeness (QED) is 0.744. The van der Waals surface area contributed by atoms with Crippen LogP contribution in [-0.4, -0.2) is 16.8 Å². The van der Waals surface area contributed by atoms with Crippen LogP contribution < -0.4 is 5.32 Å². The number of rotatable bonds is 4. The van der Waals surface area contributed by atoms with E-state index >= 15 is 0 Å².